The van der Waals surface area contributed by atoms with Crippen LogP contribution in [0.1, 0.15) is 57.0 Å². The average molecular weight is 583 g/mol. The molecule has 6 heteroatoms. The molecule has 0 bridgehead atoms. The van der Waals surface area contributed by atoms with Gasteiger partial charge in [-0.1, -0.05) is 91.0 Å². The zero-order chi connectivity index (χ0) is 30.3. The zero-order valence-corrected chi connectivity index (χ0v) is 24.4. The van der Waals surface area contributed by atoms with Crippen LogP contribution in [0.3, 0.4) is 0 Å². The molecule has 2 N–H and O–H groups in total. The van der Waals surface area contributed by atoms with Gasteiger partial charge in [0.15, 0.2) is 5.76 Å². The third-order valence-corrected chi connectivity index (χ3v) is 8.09. The summed E-state index contributed by atoms with van der Waals surface area (Å²) in [6.07, 6.45) is 6.77. The number of hydrogen-bond acceptors (Lipinski definition) is 4. The normalized spacial score (nSPS) is 14.5. The molecule has 6 rings (SSSR count). The molecule has 4 aromatic carbocycles. The van der Waals surface area contributed by atoms with Crippen molar-refractivity contribution >= 4 is 17.4 Å². The number of rotatable bonds is 10. The lowest BCUT2D eigenvalue weighted by atomic mass is 9.83. The van der Waals surface area contributed by atoms with Crippen LogP contribution < -0.4 is 5.32 Å². The molecule has 0 radical (unpaired) electrons. The predicted octanol–water partition coefficient (Wildman–Crippen LogP) is 8.11. The lowest BCUT2D eigenvalue weighted by Crippen LogP contribution is -2.25. The molecule has 1 amide bonds. The van der Waals surface area contributed by atoms with E-state index in [1.807, 2.05) is 54.6 Å². The van der Waals surface area contributed by atoms with Crippen molar-refractivity contribution in [2.75, 3.05) is 6.54 Å². The summed E-state index contributed by atoms with van der Waals surface area (Å²) in [5, 5.41) is 12.1. The van der Waals surface area contributed by atoms with Crippen LogP contribution in [0.2, 0.25) is 0 Å². The first-order valence-corrected chi connectivity index (χ1v) is 15.1. The van der Waals surface area contributed by atoms with Gasteiger partial charge in [-0.3, -0.25) is 4.79 Å². The van der Waals surface area contributed by atoms with Crippen LogP contribution in [0.4, 0.5) is 0 Å². The fourth-order valence-corrected chi connectivity index (χ4v) is 5.80. The number of hydrogen-bond donors (Lipinski definition) is 2. The lowest BCUT2D eigenvalue weighted by molar-refractivity contribution is 0.0696. The third-order valence-electron chi connectivity index (χ3n) is 8.09. The Morgan fingerprint density at radius 2 is 1.55 bits per heavy atom. The Morgan fingerprint density at radius 3 is 2.27 bits per heavy atom. The maximum Gasteiger partial charge on any atom is 0.335 e. The van der Waals surface area contributed by atoms with E-state index in [4.69, 9.17) is 14.5 Å². The Hall–Kier alpha value is -5.23. The molecule has 0 saturated carbocycles. The van der Waals surface area contributed by atoms with Crippen molar-refractivity contribution in [2.45, 2.75) is 32.1 Å². The minimum atomic E-state index is -0.949. The summed E-state index contributed by atoms with van der Waals surface area (Å²) in [6.45, 7) is 0.461. The van der Waals surface area contributed by atoms with Crippen molar-refractivity contribution in [3.8, 4) is 22.6 Å². The van der Waals surface area contributed by atoms with Crippen molar-refractivity contribution < 1.29 is 19.1 Å². The number of carboxylic acid groups (broad SMARTS) is 1. The van der Waals surface area contributed by atoms with Gasteiger partial charge in [0.2, 0.25) is 5.89 Å². The van der Waals surface area contributed by atoms with Crippen LogP contribution in [-0.2, 0) is 12.8 Å². The first-order chi connectivity index (χ1) is 21.5. The zero-order valence-electron chi connectivity index (χ0n) is 24.4. The summed E-state index contributed by atoms with van der Waals surface area (Å²) >= 11 is 0. The second kappa shape index (κ2) is 13.4. The molecule has 0 aliphatic heterocycles. The summed E-state index contributed by atoms with van der Waals surface area (Å²) in [5.41, 5.74) is 6.92. The van der Waals surface area contributed by atoms with E-state index < -0.39 is 5.97 Å². The Labute approximate surface area is 257 Å². The van der Waals surface area contributed by atoms with Gasteiger partial charge >= 0.3 is 5.97 Å². The van der Waals surface area contributed by atoms with E-state index in [-0.39, 0.29) is 17.4 Å². The number of oxazole rings is 1. The molecule has 1 aliphatic rings. The molecule has 1 aliphatic carbocycles. The first-order valence-electron chi connectivity index (χ1n) is 15.1. The van der Waals surface area contributed by atoms with Gasteiger partial charge in [0.1, 0.15) is 5.69 Å². The van der Waals surface area contributed by atoms with Crippen molar-refractivity contribution in [2.24, 2.45) is 5.92 Å². The largest absolute Gasteiger partial charge is 0.478 e. The number of allylic oxidation sites excluding steroid dienone is 2. The topological polar surface area (TPSA) is 92.4 Å². The van der Waals surface area contributed by atoms with Crippen molar-refractivity contribution in [1.29, 1.82) is 0 Å². The molecule has 1 unspecified atom stereocenters. The van der Waals surface area contributed by atoms with Crippen LogP contribution >= 0.6 is 0 Å². The molecule has 1 heterocycles. The number of aromatic carboxylic acids is 1. The van der Waals surface area contributed by atoms with Crippen molar-refractivity contribution in [1.82, 2.24) is 10.3 Å². The lowest BCUT2D eigenvalue weighted by Gasteiger charge is -2.22. The van der Waals surface area contributed by atoms with Crippen molar-refractivity contribution in [3.05, 3.63) is 143 Å². The van der Waals surface area contributed by atoms with Gasteiger partial charge in [0, 0.05) is 28.8 Å². The Morgan fingerprint density at radius 1 is 0.818 bits per heavy atom. The number of benzene rings is 4. The number of nitrogens with zero attached hydrogens (tertiary/aromatic N) is 1. The number of amides is 1. The summed E-state index contributed by atoms with van der Waals surface area (Å²) in [6, 6.07) is 34.8. The molecule has 0 fully saturated rings. The highest BCUT2D eigenvalue weighted by molar-refractivity contribution is 5.94. The minimum absolute atomic E-state index is 0.124. The SMILES string of the molecule is O=C(O)c1ccc(CCNC(=O)c2cccc(CC3CCCC=C3c3nc(-c4ccccc4)c(-c4ccccc4)o3)c2)cc1. The number of carbonyl (C=O) groups excluding carboxylic acids is 1. The quantitative estimate of drug-likeness (QED) is 0.174. The maximum absolute atomic E-state index is 13.0. The van der Waals surface area contributed by atoms with E-state index in [1.165, 1.54) is 0 Å². The molecule has 1 aromatic heterocycles. The highest BCUT2D eigenvalue weighted by atomic mass is 16.4. The molecule has 5 aromatic rings. The summed E-state index contributed by atoms with van der Waals surface area (Å²) < 4.78 is 6.55. The number of nitrogens with one attached hydrogen (secondary N) is 1. The van der Waals surface area contributed by atoms with Crippen LogP contribution in [0.25, 0.3) is 28.2 Å². The number of carboxylic acids is 1. The van der Waals surface area contributed by atoms with Crippen LogP contribution in [0.15, 0.2) is 120 Å². The van der Waals surface area contributed by atoms with E-state index in [2.05, 4.69) is 41.7 Å². The fourth-order valence-electron chi connectivity index (χ4n) is 5.80. The molecule has 220 valence electrons. The van der Waals surface area contributed by atoms with Crippen LogP contribution in [-0.4, -0.2) is 28.5 Å². The number of carbonyl (C=O) groups is 2. The molecule has 1 atom stereocenters. The Bertz CT molecular complexity index is 1720. The predicted molar refractivity (Wildman–Crippen MR) is 172 cm³/mol. The minimum Gasteiger partial charge on any atom is -0.478 e. The van der Waals surface area contributed by atoms with Gasteiger partial charge in [-0.25, -0.2) is 9.78 Å². The van der Waals surface area contributed by atoms with E-state index >= 15 is 0 Å². The van der Waals surface area contributed by atoms with Crippen molar-refractivity contribution in [3.63, 3.8) is 0 Å². The fraction of sp³-hybridized carbons (Fsp3) is 0.184. The standard InChI is InChI=1S/C38H34N2O4/c41-36(39-23-22-26-18-20-30(21-19-26)38(42)43)32-16-9-10-27(25-32)24-31-15-7-8-17-33(31)37-40-34(28-11-3-1-4-12-28)35(44-37)29-13-5-2-6-14-29/h1-6,9-14,16-21,25,31H,7-8,15,22-24H2,(H,39,41)(H,42,43). The molecule has 44 heavy (non-hydrogen) atoms. The highest BCUT2D eigenvalue weighted by Crippen LogP contribution is 2.40. The van der Waals surface area contributed by atoms with Gasteiger partial charge < -0.3 is 14.8 Å². The van der Waals surface area contributed by atoms with E-state index in [0.717, 1.165) is 65.0 Å². The third kappa shape index (κ3) is 6.70. The Kier molecular flexibility index (Phi) is 8.78. The van der Waals surface area contributed by atoms with Gasteiger partial charge in [0.25, 0.3) is 5.91 Å². The summed E-state index contributed by atoms with van der Waals surface area (Å²) in [5.74, 6) is 0.587. The van der Waals surface area contributed by atoms with Crippen LogP contribution in [0, 0.1) is 5.92 Å². The molecule has 0 saturated heterocycles. The van der Waals surface area contributed by atoms with Gasteiger partial charge in [-0.15, -0.1) is 0 Å². The molecular formula is C38H34N2O4. The second-order valence-electron chi connectivity index (χ2n) is 11.1. The molecule has 0 spiro atoms. The highest BCUT2D eigenvalue weighted by Gasteiger charge is 2.26. The van der Waals surface area contributed by atoms with Gasteiger partial charge in [-0.2, -0.15) is 0 Å². The van der Waals surface area contributed by atoms with Gasteiger partial charge in [-0.05, 0) is 73.4 Å². The Balaban J connectivity index is 1.17. The van der Waals surface area contributed by atoms with E-state index in [1.54, 1.807) is 24.3 Å². The number of aromatic nitrogens is 1. The maximum atomic E-state index is 13.0. The second-order valence-corrected chi connectivity index (χ2v) is 11.1. The molecule has 6 nitrogen and oxygen atoms in total. The summed E-state index contributed by atoms with van der Waals surface area (Å²) in [7, 11) is 0. The molecular weight excluding hydrogens is 548 g/mol. The average Bonchev–Trinajstić information content (AvgIpc) is 3.52. The van der Waals surface area contributed by atoms with E-state index in [9.17, 15) is 9.59 Å². The smallest absolute Gasteiger partial charge is 0.335 e. The van der Waals surface area contributed by atoms with E-state index in [0.29, 0.717) is 24.4 Å². The first kappa shape index (κ1) is 28.9. The summed E-state index contributed by atoms with van der Waals surface area (Å²) in [4.78, 5) is 29.1. The van der Waals surface area contributed by atoms with Crippen LogP contribution in [0.5, 0.6) is 0 Å². The van der Waals surface area contributed by atoms with Gasteiger partial charge in [0.05, 0.1) is 5.56 Å². The monoisotopic (exact) mass is 582 g/mol.